The van der Waals surface area contributed by atoms with Gasteiger partial charge in [-0.1, -0.05) is 6.92 Å². The molecule has 0 aliphatic rings. The van der Waals surface area contributed by atoms with Gasteiger partial charge in [0, 0.05) is 36.1 Å². The Kier molecular flexibility index (Phi) is 5.78. The minimum absolute atomic E-state index is 0.464. The topological polar surface area (TPSA) is 50.5 Å². The zero-order valence-electron chi connectivity index (χ0n) is 11.9. The van der Waals surface area contributed by atoms with Crippen molar-refractivity contribution in [2.24, 2.45) is 0 Å². The Morgan fingerprint density at radius 2 is 2.06 bits per heavy atom. The Morgan fingerprint density at radius 1 is 1.33 bits per heavy atom. The highest BCUT2D eigenvalue weighted by molar-refractivity contribution is 5.59. The van der Waals surface area contributed by atoms with Crippen LogP contribution in [0.3, 0.4) is 0 Å². The molecule has 3 N–H and O–H groups in total. The molecule has 0 spiro atoms. The molecule has 0 aliphatic heterocycles. The normalized spacial score (nSPS) is 12.5. The Labute approximate surface area is 110 Å². The number of nitrogens with zero attached hydrogens (tertiary/aromatic N) is 1. The lowest BCUT2D eigenvalue weighted by Gasteiger charge is -2.21. The molecule has 1 atom stereocenters. The molecule has 0 bridgehead atoms. The van der Waals surface area contributed by atoms with Gasteiger partial charge in [-0.3, -0.25) is 0 Å². The van der Waals surface area contributed by atoms with Crippen molar-refractivity contribution in [1.29, 1.82) is 0 Å². The Balaban J connectivity index is 2.62. The molecule has 0 saturated heterocycles. The van der Waals surface area contributed by atoms with Crippen molar-refractivity contribution in [3.8, 4) is 5.75 Å². The highest BCUT2D eigenvalue weighted by atomic mass is 16.5. The molecule has 0 aromatic heterocycles. The molecule has 18 heavy (non-hydrogen) atoms. The van der Waals surface area contributed by atoms with Crippen LogP contribution >= 0.6 is 0 Å². The zero-order chi connectivity index (χ0) is 13.5. The number of rotatable bonds is 7. The summed E-state index contributed by atoms with van der Waals surface area (Å²) in [6.45, 7) is 5.86. The third-order valence-corrected chi connectivity index (χ3v) is 2.88. The van der Waals surface area contributed by atoms with Gasteiger partial charge >= 0.3 is 0 Å². The predicted molar refractivity (Wildman–Crippen MR) is 78.3 cm³/mol. The molecule has 4 heteroatoms. The minimum Gasteiger partial charge on any atom is -0.493 e. The van der Waals surface area contributed by atoms with Crippen molar-refractivity contribution >= 4 is 11.4 Å². The van der Waals surface area contributed by atoms with Crippen LogP contribution in [0, 0.1) is 0 Å². The van der Waals surface area contributed by atoms with Crippen LogP contribution in [-0.2, 0) is 0 Å². The van der Waals surface area contributed by atoms with Gasteiger partial charge in [0.25, 0.3) is 0 Å². The maximum Gasteiger partial charge on any atom is 0.123 e. The largest absolute Gasteiger partial charge is 0.493 e. The first-order valence-corrected chi connectivity index (χ1v) is 6.46. The second-order valence-corrected chi connectivity index (χ2v) is 4.83. The fourth-order valence-corrected chi connectivity index (χ4v) is 1.48. The van der Waals surface area contributed by atoms with E-state index in [9.17, 15) is 0 Å². The molecule has 1 aromatic carbocycles. The van der Waals surface area contributed by atoms with E-state index in [0.717, 1.165) is 36.7 Å². The first-order chi connectivity index (χ1) is 8.52. The Bertz CT molecular complexity index is 366. The molecule has 1 aromatic rings. The summed E-state index contributed by atoms with van der Waals surface area (Å²) in [7, 11) is 4.14. The number of hydrogen-bond acceptors (Lipinski definition) is 4. The number of nitrogens with one attached hydrogen (secondary N) is 1. The van der Waals surface area contributed by atoms with Crippen LogP contribution < -0.4 is 15.8 Å². The molecule has 0 aliphatic carbocycles. The van der Waals surface area contributed by atoms with E-state index in [1.54, 1.807) is 0 Å². The quantitative estimate of drug-likeness (QED) is 0.731. The highest BCUT2D eigenvalue weighted by Crippen LogP contribution is 2.22. The predicted octanol–water partition coefficient (Wildman–Crippen LogP) is 2.42. The van der Waals surface area contributed by atoms with Crippen molar-refractivity contribution < 1.29 is 4.74 Å². The van der Waals surface area contributed by atoms with Gasteiger partial charge in [-0.15, -0.1) is 0 Å². The molecule has 1 unspecified atom stereocenters. The molecule has 102 valence electrons. The maximum absolute atomic E-state index is 5.87. The average molecular weight is 251 g/mol. The Hall–Kier alpha value is -1.42. The number of benzene rings is 1. The van der Waals surface area contributed by atoms with Crippen LogP contribution in [0.5, 0.6) is 5.75 Å². The van der Waals surface area contributed by atoms with Gasteiger partial charge < -0.3 is 20.7 Å². The lowest BCUT2D eigenvalue weighted by Crippen LogP contribution is -2.31. The number of anilines is 2. The first kappa shape index (κ1) is 14.6. The molecule has 4 nitrogen and oxygen atoms in total. The summed E-state index contributed by atoms with van der Waals surface area (Å²) in [6, 6.07) is 6.25. The van der Waals surface area contributed by atoms with E-state index in [4.69, 9.17) is 10.5 Å². The monoisotopic (exact) mass is 251 g/mol. The van der Waals surface area contributed by atoms with Crippen molar-refractivity contribution in [3.63, 3.8) is 0 Å². The van der Waals surface area contributed by atoms with Crippen LogP contribution in [0.1, 0.15) is 20.3 Å². The smallest absolute Gasteiger partial charge is 0.123 e. The van der Waals surface area contributed by atoms with Gasteiger partial charge in [0.15, 0.2) is 0 Å². The van der Waals surface area contributed by atoms with E-state index in [1.807, 2.05) is 18.2 Å². The van der Waals surface area contributed by atoms with Gasteiger partial charge in [0.05, 0.1) is 6.61 Å². The maximum atomic E-state index is 5.87. The van der Waals surface area contributed by atoms with E-state index in [1.165, 1.54) is 0 Å². The first-order valence-electron chi connectivity index (χ1n) is 6.46. The van der Waals surface area contributed by atoms with Crippen molar-refractivity contribution in [2.45, 2.75) is 26.3 Å². The van der Waals surface area contributed by atoms with Gasteiger partial charge in [-0.2, -0.15) is 0 Å². The molecular formula is C14H25N3O. The summed E-state index contributed by atoms with van der Waals surface area (Å²) in [4.78, 5) is 2.17. The van der Waals surface area contributed by atoms with Crippen LogP contribution in [0.15, 0.2) is 18.2 Å². The summed E-state index contributed by atoms with van der Waals surface area (Å²) in [5.41, 5.74) is 7.60. The van der Waals surface area contributed by atoms with E-state index in [0.29, 0.717) is 6.04 Å². The van der Waals surface area contributed by atoms with Crippen molar-refractivity contribution in [3.05, 3.63) is 18.2 Å². The number of hydrogen-bond donors (Lipinski definition) is 2. The van der Waals surface area contributed by atoms with E-state index < -0.39 is 0 Å². The third-order valence-electron chi connectivity index (χ3n) is 2.88. The van der Waals surface area contributed by atoms with Gasteiger partial charge in [0.2, 0.25) is 0 Å². The Morgan fingerprint density at radius 3 is 2.67 bits per heavy atom. The van der Waals surface area contributed by atoms with Crippen molar-refractivity contribution in [2.75, 3.05) is 38.3 Å². The van der Waals surface area contributed by atoms with Crippen LogP contribution in [0.4, 0.5) is 11.4 Å². The van der Waals surface area contributed by atoms with Crippen LogP contribution in [0.2, 0.25) is 0 Å². The molecular weight excluding hydrogens is 226 g/mol. The van der Waals surface area contributed by atoms with Gasteiger partial charge in [-0.25, -0.2) is 0 Å². The summed E-state index contributed by atoms with van der Waals surface area (Å²) in [6.07, 6.45) is 0.995. The fourth-order valence-electron chi connectivity index (χ4n) is 1.48. The fraction of sp³-hybridized carbons (Fsp3) is 0.571. The summed E-state index contributed by atoms with van der Waals surface area (Å²) in [5.74, 6) is 0.830. The second kappa shape index (κ2) is 7.11. The molecule has 1 rings (SSSR count). The van der Waals surface area contributed by atoms with Crippen LogP contribution in [0.25, 0.3) is 0 Å². The van der Waals surface area contributed by atoms with Gasteiger partial charge in [0.1, 0.15) is 5.75 Å². The summed E-state index contributed by atoms with van der Waals surface area (Å²) < 4.78 is 5.60. The standard InChI is InChI=1S/C14H25N3O/c1-5-6-18-14-8-12(15)7-13(9-14)16-10-11(2)17(3)4/h7-9,11,16H,5-6,10,15H2,1-4H3. The lowest BCUT2D eigenvalue weighted by molar-refractivity contribution is 0.317. The van der Waals surface area contributed by atoms with E-state index in [2.05, 4.69) is 38.2 Å². The number of likely N-dealkylation sites (N-methyl/N-ethyl adjacent to an activating group) is 1. The molecule has 0 radical (unpaired) electrons. The molecule has 0 fully saturated rings. The highest BCUT2D eigenvalue weighted by Gasteiger charge is 2.05. The molecule has 0 amide bonds. The molecule has 0 saturated carbocycles. The second-order valence-electron chi connectivity index (χ2n) is 4.83. The zero-order valence-corrected chi connectivity index (χ0v) is 11.9. The summed E-state index contributed by atoms with van der Waals surface area (Å²) >= 11 is 0. The number of nitrogens with two attached hydrogens (primary N) is 1. The van der Waals surface area contributed by atoms with Gasteiger partial charge in [-0.05, 0) is 33.5 Å². The number of ether oxygens (including phenoxy) is 1. The lowest BCUT2D eigenvalue weighted by atomic mass is 10.2. The summed E-state index contributed by atoms with van der Waals surface area (Å²) in [5, 5.41) is 3.38. The molecule has 0 heterocycles. The third kappa shape index (κ3) is 4.84. The van der Waals surface area contributed by atoms with E-state index in [-0.39, 0.29) is 0 Å². The van der Waals surface area contributed by atoms with E-state index >= 15 is 0 Å². The number of nitrogen functional groups attached to an aromatic ring is 1. The van der Waals surface area contributed by atoms with Crippen molar-refractivity contribution in [1.82, 2.24) is 4.90 Å². The average Bonchev–Trinajstić information content (AvgIpc) is 2.32. The SMILES string of the molecule is CCCOc1cc(N)cc(NCC(C)N(C)C)c1. The minimum atomic E-state index is 0.464. The van der Waals surface area contributed by atoms with Crippen LogP contribution in [-0.4, -0.2) is 38.2 Å².